The standard InChI is InChI=1S/C6H11F3OS/c7-6(8,9)2-4-10-3-1-5-11/h11H,1-5H2. The zero-order valence-electron chi connectivity index (χ0n) is 6.02. The molecule has 0 aliphatic carbocycles. The summed E-state index contributed by atoms with van der Waals surface area (Å²) < 4.78 is 39.1. The van der Waals surface area contributed by atoms with Crippen LogP contribution in [0.3, 0.4) is 0 Å². The molecule has 0 amide bonds. The summed E-state index contributed by atoms with van der Waals surface area (Å²) in [4.78, 5) is 0. The van der Waals surface area contributed by atoms with Gasteiger partial charge in [-0.1, -0.05) is 0 Å². The van der Waals surface area contributed by atoms with E-state index in [1.54, 1.807) is 0 Å². The molecule has 0 aliphatic heterocycles. The van der Waals surface area contributed by atoms with E-state index in [2.05, 4.69) is 17.4 Å². The predicted octanol–water partition coefficient (Wildman–Crippen LogP) is 2.28. The maximum absolute atomic E-state index is 11.5. The molecule has 0 aromatic rings. The molecule has 0 atom stereocenters. The lowest BCUT2D eigenvalue weighted by atomic mass is 10.4. The molecule has 0 unspecified atom stereocenters. The molecular formula is C6H11F3OS. The first-order chi connectivity index (χ1) is 5.06. The van der Waals surface area contributed by atoms with E-state index in [0.717, 1.165) is 0 Å². The normalized spacial score (nSPS) is 12.0. The van der Waals surface area contributed by atoms with Gasteiger partial charge in [-0.15, -0.1) is 0 Å². The molecule has 0 rings (SSSR count). The average Bonchev–Trinajstić information content (AvgIpc) is 1.85. The SMILES string of the molecule is FC(F)(F)CCOCCCS. The van der Waals surface area contributed by atoms with Gasteiger partial charge in [0.05, 0.1) is 13.0 Å². The molecule has 0 bridgehead atoms. The van der Waals surface area contributed by atoms with Crippen molar-refractivity contribution < 1.29 is 17.9 Å². The van der Waals surface area contributed by atoms with Gasteiger partial charge in [0.25, 0.3) is 0 Å². The van der Waals surface area contributed by atoms with Gasteiger partial charge in [-0.3, -0.25) is 0 Å². The minimum absolute atomic E-state index is 0.239. The second-order valence-corrected chi connectivity index (χ2v) is 2.50. The van der Waals surface area contributed by atoms with Crippen LogP contribution < -0.4 is 0 Å². The van der Waals surface area contributed by atoms with Crippen molar-refractivity contribution in [1.29, 1.82) is 0 Å². The van der Waals surface area contributed by atoms with Crippen LogP contribution in [0.1, 0.15) is 12.8 Å². The van der Waals surface area contributed by atoms with Gasteiger partial charge < -0.3 is 4.74 Å². The van der Waals surface area contributed by atoms with E-state index in [1.807, 2.05) is 0 Å². The van der Waals surface area contributed by atoms with E-state index in [4.69, 9.17) is 0 Å². The van der Waals surface area contributed by atoms with Crippen LogP contribution in [0.5, 0.6) is 0 Å². The first-order valence-corrected chi connectivity index (χ1v) is 3.95. The number of hydrogen-bond donors (Lipinski definition) is 1. The van der Waals surface area contributed by atoms with E-state index in [-0.39, 0.29) is 6.61 Å². The molecule has 0 aromatic carbocycles. The summed E-state index contributed by atoms with van der Waals surface area (Å²) in [6.07, 6.45) is -4.26. The first-order valence-electron chi connectivity index (χ1n) is 3.31. The van der Waals surface area contributed by atoms with Crippen molar-refractivity contribution in [3.05, 3.63) is 0 Å². The van der Waals surface area contributed by atoms with E-state index < -0.39 is 12.6 Å². The number of ether oxygens (including phenoxy) is 1. The van der Waals surface area contributed by atoms with Crippen molar-refractivity contribution in [3.8, 4) is 0 Å². The van der Waals surface area contributed by atoms with Crippen molar-refractivity contribution in [3.63, 3.8) is 0 Å². The Hall–Kier alpha value is 0.100. The average molecular weight is 188 g/mol. The second-order valence-electron chi connectivity index (χ2n) is 2.05. The first kappa shape index (κ1) is 11.1. The minimum Gasteiger partial charge on any atom is -0.381 e. The Kier molecular flexibility index (Phi) is 5.76. The van der Waals surface area contributed by atoms with Gasteiger partial charge in [-0.05, 0) is 12.2 Å². The fourth-order valence-electron chi connectivity index (χ4n) is 0.457. The molecule has 68 valence electrons. The van der Waals surface area contributed by atoms with Gasteiger partial charge in [0.15, 0.2) is 0 Å². The molecule has 0 aromatic heterocycles. The minimum atomic E-state index is -4.10. The molecule has 5 heteroatoms. The number of thiol groups is 1. The van der Waals surface area contributed by atoms with Crippen LogP contribution in [0.25, 0.3) is 0 Å². The molecule has 0 heterocycles. The molecular weight excluding hydrogens is 177 g/mol. The molecule has 0 saturated heterocycles. The van der Waals surface area contributed by atoms with E-state index in [1.165, 1.54) is 0 Å². The van der Waals surface area contributed by atoms with Crippen LogP contribution in [-0.2, 0) is 4.74 Å². The highest BCUT2D eigenvalue weighted by Crippen LogP contribution is 2.18. The summed E-state index contributed by atoms with van der Waals surface area (Å²) in [5, 5.41) is 0. The highest BCUT2D eigenvalue weighted by atomic mass is 32.1. The van der Waals surface area contributed by atoms with E-state index in [0.29, 0.717) is 18.8 Å². The Bertz CT molecular complexity index is 94.3. The molecule has 0 N–H and O–H groups in total. The monoisotopic (exact) mass is 188 g/mol. The topological polar surface area (TPSA) is 9.23 Å². The third-order valence-corrected chi connectivity index (χ3v) is 1.29. The van der Waals surface area contributed by atoms with Gasteiger partial charge in [0.1, 0.15) is 0 Å². The Balaban J connectivity index is 3.02. The zero-order chi connectivity index (χ0) is 8.74. The van der Waals surface area contributed by atoms with Crippen molar-refractivity contribution >= 4 is 12.6 Å². The van der Waals surface area contributed by atoms with Crippen molar-refractivity contribution in [2.75, 3.05) is 19.0 Å². The maximum atomic E-state index is 11.5. The van der Waals surface area contributed by atoms with Crippen LogP contribution in [0.15, 0.2) is 0 Å². The fourth-order valence-corrected chi connectivity index (χ4v) is 0.586. The summed E-state index contributed by atoms with van der Waals surface area (Å²) in [7, 11) is 0. The highest BCUT2D eigenvalue weighted by Gasteiger charge is 2.26. The molecule has 11 heavy (non-hydrogen) atoms. The third-order valence-electron chi connectivity index (χ3n) is 0.977. The summed E-state index contributed by atoms with van der Waals surface area (Å²) in [5.74, 6) is 0.645. The molecule has 0 fully saturated rings. The Morgan fingerprint density at radius 3 is 2.27 bits per heavy atom. The highest BCUT2D eigenvalue weighted by molar-refractivity contribution is 7.80. The van der Waals surface area contributed by atoms with Gasteiger partial charge in [0, 0.05) is 6.61 Å². The molecule has 1 nitrogen and oxygen atoms in total. The summed E-state index contributed by atoms with van der Waals surface area (Å²) >= 11 is 3.88. The quantitative estimate of drug-likeness (QED) is 0.514. The molecule has 0 spiro atoms. The van der Waals surface area contributed by atoms with E-state index in [9.17, 15) is 13.2 Å². The Morgan fingerprint density at radius 1 is 1.18 bits per heavy atom. The molecule has 0 saturated carbocycles. The predicted molar refractivity (Wildman–Crippen MR) is 40.0 cm³/mol. The summed E-state index contributed by atoms with van der Waals surface area (Å²) in [6, 6.07) is 0. The zero-order valence-corrected chi connectivity index (χ0v) is 6.92. The summed E-state index contributed by atoms with van der Waals surface area (Å²) in [5.41, 5.74) is 0. The van der Waals surface area contributed by atoms with Crippen LogP contribution in [0.2, 0.25) is 0 Å². The van der Waals surface area contributed by atoms with Gasteiger partial charge in [-0.2, -0.15) is 25.8 Å². The van der Waals surface area contributed by atoms with Crippen molar-refractivity contribution in [2.45, 2.75) is 19.0 Å². The lowest BCUT2D eigenvalue weighted by molar-refractivity contribution is -0.145. The second kappa shape index (κ2) is 5.71. The largest absolute Gasteiger partial charge is 0.391 e. The van der Waals surface area contributed by atoms with Crippen molar-refractivity contribution in [2.24, 2.45) is 0 Å². The van der Waals surface area contributed by atoms with Gasteiger partial charge in [0.2, 0.25) is 0 Å². The number of alkyl halides is 3. The van der Waals surface area contributed by atoms with Crippen LogP contribution in [0.4, 0.5) is 13.2 Å². The van der Waals surface area contributed by atoms with Crippen molar-refractivity contribution in [1.82, 2.24) is 0 Å². The van der Waals surface area contributed by atoms with Gasteiger partial charge in [-0.25, -0.2) is 0 Å². The van der Waals surface area contributed by atoms with Crippen LogP contribution in [0, 0.1) is 0 Å². The number of rotatable bonds is 5. The lowest BCUT2D eigenvalue weighted by Gasteiger charge is -2.05. The molecule has 0 aliphatic rings. The Labute approximate surface area is 69.3 Å². The van der Waals surface area contributed by atoms with Crippen LogP contribution in [-0.4, -0.2) is 25.1 Å². The third kappa shape index (κ3) is 10.1. The number of halogens is 3. The lowest BCUT2D eigenvalue weighted by Crippen LogP contribution is -2.11. The summed E-state index contributed by atoms with van der Waals surface area (Å²) in [6.45, 7) is 0.122. The smallest absolute Gasteiger partial charge is 0.381 e. The number of hydrogen-bond acceptors (Lipinski definition) is 2. The Morgan fingerprint density at radius 2 is 1.82 bits per heavy atom. The van der Waals surface area contributed by atoms with E-state index >= 15 is 0 Å². The van der Waals surface area contributed by atoms with Gasteiger partial charge >= 0.3 is 6.18 Å². The maximum Gasteiger partial charge on any atom is 0.391 e. The fraction of sp³-hybridized carbons (Fsp3) is 1.00. The molecule has 0 radical (unpaired) electrons. The van der Waals surface area contributed by atoms with Crippen LogP contribution >= 0.6 is 12.6 Å².